The number of ether oxygens (including phenoxy) is 1. The van der Waals surface area contributed by atoms with Gasteiger partial charge in [-0.05, 0) is 12.1 Å². The molecule has 20 heavy (non-hydrogen) atoms. The van der Waals surface area contributed by atoms with E-state index in [1.807, 2.05) is 13.8 Å². The van der Waals surface area contributed by atoms with Crippen LogP contribution in [-0.2, 0) is 5.41 Å². The largest absolute Gasteiger partial charge is 0.502 e. The number of rotatable bonds is 3. The van der Waals surface area contributed by atoms with Crippen LogP contribution in [0.25, 0.3) is 11.0 Å². The molecule has 0 spiro atoms. The smallest absolute Gasteiger partial charge is 0.340 e. The molecule has 1 aromatic carbocycles. The molecular weight excluding hydrogens is 260 g/mol. The minimum atomic E-state index is -0.581. The number of hydrogen-bond acceptors (Lipinski definition) is 5. The van der Waals surface area contributed by atoms with E-state index in [2.05, 4.69) is 6.58 Å². The van der Waals surface area contributed by atoms with Gasteiger partial charge in [0, 0.05) is 16.4 Å². The maximum atomic E-state index is 12.0. The minimum absolute atomic E-state index is 0.0723. The van der Waals surface area contributed by atoms with Crippen LogP contribution >= 0.6 is 0 Å². The van der Waals surface area contributed by atoms with Crippen LogP contribution in [0, 0.1) is 0 Å². The average Bonchev–Trinajstić information content (AvgIpc) is 2.42. The maximum absolute atomic E-state index is 12.0. The fourth-order valence-electron chi connectivity index (χ4n) is 1.93. The van der Waals surface area contributed by atoms with Crippen LogP contribution < -0.4 is 10.4 Å². The van der Waals surface area contributed by atoms with Gasteiger partial charge in [-0.1, -0.05) is 19.9 Å². The van der Waals surface area contributed by atoms with E-state index in [9.17, 15) is 15.0 Å². The van der Waals surface area contributed by atoms with Crippen molar-refractivity contribution in [2.24, 2.45) is 0 Å². The highest BCUT2D eigenvalue weighted by atomic mass is 16.5. The van der Waals surface area contributed by atoms with Gasteiger partial charge < -0.3 is 19.4 Å². The van der Waals surface area contributed by atoms with E-state index >= 15 is 0 Å². The highest BCUT2D eigenvalue weighted by molar-refractivity contribution is 5.88. The lowest BCUT2D eigenvalue weighted by Crippen LogP contribution is -2.22. The van der Waals surface area contributed by atoms with Gasteiger partial charge in [0.05, 0.1) is 7.11 Å². The first kappa shape index (κ1) is 14.0. The van der Waals surface area contributed by atoms with Crippen molar-refractivity contribution in [2.45, 2.75) is 19.3 Å². The van der Waals surface area contributed by atoms with Crippen molar-refractivity contribution in [1.82, 2.24) is 0 Å². The van der Waals surface area contributed by atoms with Gasteiger partial charge in [-0.25, -0.2) is 4.79 Å². The Bertz CT molecular complexity index is 740. The van der Waals surface area contributed by atoms with E-state index in [4.69, 9.17) is 9.15 Å². The normalized spacial score (nSPS) is 11.6. The van der Waals surface area contributed by atoms with Crippen molar-refractivity contribution in [2.75, 3.05) is 7.11 Å². The molecule has 0 unspecified atom stereocenters. The highest BCUT2D eigenvalue weighted by Gasteiger charge is 2.24. The van der Waals surface area contributed by atoms with Gasteiger partial charge >= 0.3 is 5.63 Å². The maximum Gasteiger partial charge on any atom is 0.340 e. The van der Waals surface area contributed by atoms with E-state index in [0.717, 1.165) is 0 Å². The summed E-state index contributed by atoms with van der Waals surface area (Å²) in [6.07, 6.45) is 1.64. The SMILES string of the molecule is C=CC(C)(C)c1cc2cc(OC)c(O)c(O)c2oc1=O. The van der Waals surface area contributed by atoms with Crippen molar-refractivity contribution in [3.63, 3.8) is 0 Å². The number of hydrogen-bond donors (Lipinski definition) is 2. The molecule has 1 aromatic heterocycles. The molecule has 1 heterocycles. The summed E-state index contributed by atoms with van der Waals surface area (Å²) in [6.45, 7) is 7.36. The Balaban J connectivity index is 2.87. The third-order valence-electron chi connectivity index (χ3n) is 3.36. The molecule has 106 valence electrons. The summed E-state index contributed by atoms with van der Waals surface area (Å²) in [5, 5.41) is 20.0. The first-order valence-corrected chi connectivity index (χ1v) is 6.02. The molecule has 0 amide bonds. The summed E-state index contributed by atoms with van der Waals surface area (Å²) < 4.78 is 10.1. The molecule has 2 N–H and O–H groups in total. The summed E-state index contributed by atoms with van der Waals surface area (Å²) in [5.74, 6) is -0.871. The Hall–Kier alpha value is -2.43. The number of aromatic hydroxyl groups is 2. The Kier molecular flexibility index (Phi) is 3.21. The molecule has 0 fully saturated rings. The third-order valence-corrected chi connectivity index (χ3v) is 3.36. The zero-order valence-electron chi connectivity index (χ0n) is 11.6. The van der Waals surface area contributed by atoms with Crippen molar-refractivity contribution >= 4 is 11.0 Å². The molecule has 5 nitrogen and oxygen atoms in total. The van der Waals surface area contributed by atoms with Crippen molar-refractivity contribution in [3.8, 4) is 17.2 Å². The van der Waals surface area contributed by atoms with Crippen LogP contribution in [0.2, 0.25) is 0 Å². The summed E-state index contributed by atoms with van der Waals surface area (Å²) >= 11 is 0. The van der Waals surface area contributed by atoms with Gasteiger partial charge in [-0.15, -0.1) is 6.58 Å². The second-order valence-corrected chi connectivity index (χ2v) is 5.07. The molecule has 0 aliphatic rings. The van der Waals surface area contributed by atoms with E-state index in [-0.39, 0.29) is 11.3 Å². The number of allylic oxidation sites excluding steroid dienone is 1. The molecule has 2 rings (SSSR count). The third kappa shape index (κ3) is 2.01. The second-order valence-electron chi connectivity index (χ2n) is 5.07. The molecule has 0 saturated carbocycles. The lowest BCUT2D eigenvalue weighted by atomic mass is 9.85. The summed E-state index contributed by atoms with van der Waals surface area (Å²) in [6, 6.07) is 3.10. The van der Waals surface area contributed by atoms with Crippen LogP contribution in [0.3, 0.4) is 0 Å². The lowest BCUT2D eigenvalue weighted by molar-refractivity contribution is 0.349. The van der Waals surface area contributed by atoms with Gasteiger partial charge in [-0.2, -0.15) is 0 Å². The Labute approximate surface area is 115 Å². The van der Waals surface area contributed by atoms with Gasteiger partial charge in [0.25, 0.3) is 0 Å². The van der Waals surface area contributed by atoms with Crippen molar-refractivity contribution in [1.29, 1.82) is 0 Å². The predicted molar refractivity (Wildman–Crippen MR) is 75.6 cm³/mol. The number of fused-ring (bicyclic) bond motifs is 1. The zero-order chi connectivity index (χ0) is 15.1. The standard InChI is InChI=1S/C15H16O5/c1-5-15(2,3)9-6-8-7-10(19-4)11(16)12(17)13(8)20-14(9)18/h5-7,16-17H,1H2,2-4H3. The summed E-state index contributed by atoms with van der Waals surface area (Å²) in [7, 11) is 1.37. The molecule has 0 aliphatic carbocycles. The summed E-state index contributed by atoms with van der Waals surface area (Å²) in [5.41, 5.74) is -0.818. The number of benzene rings is 1. The molecule has 0 aliphatic heterocycles. The van der Waals surface area contributed by atoms with Crippen molar-refractivity contribution in [3.05, 3.63) is 40.8 Å². The average molecular weight is 276 g/mol. The van der Waals surface area contributed by atoms with Crippen LogP contribution in [-0.4, -0.2) is 17.3 Å². The monoisotopic (exact) mass is 276 g/mol. The van der Waals surface area contributed by atoms with Crippen LogP contribution in [0.15, 0.2) is 34.0 Å². The van der Waals surface area contributed by atoms with Gasteiger partial charge in [0.15, 0.2) is 11.3 Å². The van der Waals surface area contributed by atoms with E-state index in [1.165, 1.54) is 13.2 Å². The quantitative estimate of drug-likeness (QED) is 0.512. The molecule has 0 radical (unpaired) electrons. The Morgan fingerprint density at radius 1 is 1.30 bits per heavy atom. The van der Waals surface area contributed by atoms with Gasteiger partial charge in [-0.3, -0.25) is 0 Å². The zero-order valence-corrected chi connectivity index (χ0v) is 11.6. The van der Waals surface area contributed by atoms with Crippen LogP contribution in [0.5, 0.6) is 17.2 Å². The lowest BCUT2D eigenvalue weighted by Gasteiger charge is -2.19. The molecule has 5 heteroatoms. The Morgan fingerprint density at radius 3 is 2.50 bits per heavy atom. The van der Waals surface area contributed by atoms with Crippen molar-refractivity contribution < 1.29 is 19.4 Å². The van der Waals surface area contributed by atoms with Gasteiger partial charge in [0.1, 0.15) is 0 Å². The fraction of sp³-hybridized carbons (Fsp3) is 0.267. The van der Waals surface area contributed by atoms with Crippen LogP contribution in [0.4, 0.5) is 0 Å². The predicted octanol–water partition coefficient (Wildman–Crippen LogP) is 2.68. The van der Waals surface area contributed by atoms with Gasteiger partial charge in [0.2, 0.25) is 11.5 Å². The van der Waals surface area contributed by atoms with E-state index in [1.54, 1.807) is 12.1 Å². The van der Waals surface area contributed by atoms with Crippen LogP contribution in [0.1, 0.15) is 19.4 Å². The second kappa shape index (κ2) is 4.59. The summed E-state index contributed by atoms with van der Waals surface area (Å²) in [4.78, 5) is 12.0. The fourth-order valence-corrected chi connectivity index (χ4v) is 1.93. The highest BCUT2D eigenvalue weighted by Crippen LogP contribution is 2.41. The molecule has 0 saturated heterocycles. The topological polar surface area (TPSA) is 79.9 Å². The first-order valence-electron chi connectivity index (χ1n) is 6.02. The minimum Gasteiger partial charge on any atom is -0.502 e. The number of phenolic OH excluding ortho intramolecular Hbond substituents is 2. The molecule has 0 bridgehead atoms. The first-order chi connectivity index (χ1) is 9.31. The van der Waals surface area contributed by atoms with E-state index < -0.39 is 22.5 Å². The number of phenols is 2. The van der Waals surface area contributed by atoms with E-state index in [0.29, 0.717) is 10.9 Å². The number of methoxy groups -OCH3 is 1. The molecule has 0 atom stereocenters. The Morgan fingerprint density at radius 2 is 1.95 bits per heavy atom. The molecule has 2 aromatic rings. The molecular formula is C15H16O5.